The smallest absolute Gasteiger partial charge is 0.226 e. The number of rotatable bonds is 8. The van der Waals surface area contributed by atoms with Crippen LogP contribution in [0.15, 0.2) is 28.7 Å². The standard InChI is InChI=1S/C23H30BrN3O3/c24-18-1-3-19(4-2-18)27-21(29)6-7-25-20(28)5-8-26-22(30)23-12-15-9-16(13-23)11-17(10-15)14-23/h1-4,15-17H,5-14H2,(H,25,28)(H,26,30)(H,27,29). The highest BCUT2D eigenvalue weighted by Crippen LogP contribution is 2.60. The van der Waals surface area contributed by atoms with E-state index in [0.717, 1.165) is 47.2 Å². The van der Waals surface area contributed by atoms with Crippen LogP contribution < -0.4 is 16.0 Å². The van der Waals surface area contributed by atoms with E-state index >= 15 is 0 Å². The van der Waals surface area contributed by atoms with E-state index in [9.17, 15) is 14.4 Å². The molecule has 4 fully saturated rings. The lowest BCUT2D eigenvalue weighted by Crippen LogP contribution is -2.53. The monoisotopic (exact) mass is 475 g/mol. The Balaban J connectivity index is 1.12. The lowest BCUT2D eigenvalue weighted by molar-refractivity contribution is -0.146. The number of carbonyl (C=O) groups excluding carboxylic acids is 3. The Morgan fingerprint density at radius 1 is 0.833 bits per heavy atom. The maximum Gasteiger partial charge on any atom is 0.226 e. The fraction of sp³-hybridized carbons (Fsp3) is 0.609. The Kier molecular flexibility index (Phi) is 6.46. The van der Waals surface area contributed by atoms with Crippen molar-refractivity contribution in [1.29, 1.82) is 0 Å². The summed E-state index contributed by atoms with van der Waals surface area (Å²) in [5.41, 5.74) is 0.554. The van der Waals surface area contributed by atoms with Crippen LogP contribution in [0.5, 0.6) is 0 Å². The number of carbonyl (C=O) groups is 3. The molecule has 0 heterocycles. The predicted molar refractivity (Wildman–Crippen MR) is 119 cm³/mol. The number of hydrogen-bond donors (Lipinski definition) is 3. The molecule has 162 valence electrons. The zero-order chi connectivity index (χ0) is 21.1. The third kappa shape index (κ3) is 5.05. The van der Waals surface area contributed by atoms with Gasteiger partial charge in [0.2, 0.25) is 17.7 Å². The minimum absolute atomic E-state index is 0.141. The molecule has 1 aromatic carbocycles. The Labute approximate surface area is 186 Å². The van der Waals surface area contributed by atoms with Crippen molar-refractivity contribution in [3.05, 3.63) is 28.7 Å². The summed E-state index contributed by atoms with van der Waals surface area (Å²) in [6.45, 7) is 0.641. The summed E-state index contributed by atoms with van der Waals surface area (Å²) >= 11 is 3.35. The topological polar surface area (TPSA) is 87.3 Å². The molecule has 3 N–H and O–H groups in total. The molecule has 4 aliphatic rings. The van der Waals surface area contributed by atoms with Gasteiger partial charge in [0.05, 0.1) is 0 Å². The van der Waals surface area contributed by atoms with Crippen LogP contribution in [-0.2, 0) is 14.4 Å². The van der Waals surface area contributed by atoms with Crippen molar-refractivity contribution in [2.24, 2.45) is 23.2 Å². The predicted octanol–water partition coefficient (Wildman–Crippen LogP) is 3.62. The minimum Gasteiger partial charge on any atom is -0.356 e. The molecule has 0 spiro atoms. The van der Waals surface area contributed by atoms with Gasteiger partial charge in [0.1, 0.15) is 0 Å². The van der Waals surface area contributed by atoms with Crippen LogP contribution in [0, 0.1) is 23.2 Å². The van der Waals surface area contributed by atoms with Crippen LogP contribution in [0.1, 0.15) is 51.4 Å². The molecule has 3 amide bonds. The van der Waals surface area contributed by atoms with Crippen molar-refractivity contribution in [3.8, 4) is 0 Å². The van der Waals surface area contributed by atoms with Crippen LogP contribution in [0.4, 0.5) is 5.69 Å². The molecule has 0 saturated heterocycles. The maximum absolute atomic E-state index is 12.9. The normalized spacial score (nSPS) is 28.8. The fourth-order valence-corrected chi connectivity index (χ4v) is 6.29. The summed E-state index contributed by atoms with van der Waals surface area (Å²) in [6, 6.07) is 7.34. The molecule has 4 bridgehead atoms. The average molecular weight is 476 g/mol. The van der Waals surface area contributed by atoms with E-state index in [1.54, 1.807) is 0 Å². The van der Waals surface area contributed by atoms with Gasteiger partial charge in [0.15, 0.2) is 0 Å². The Hall–Kier alpha value is -1.89. The van der Waals surface area contributed by atoms with Crippen molar-refractivity contribution >= 4 is 39.3 Å². The van der Waals surface area contributed by atoms with Crippen molar-refractivity contribution < 1.29 is 14.4 Å². The zero-order valence-electron chi connectivity index (χ0n) is 17.2. The molecule has 0 radical (unpaired) electrons. The highest BCUT2D eigenvalue weighted by Gasteiger charge is 2.54. The molecule has 5 rings (SSSR count). The van der Waals surface area contributed by atoms with Gasteiger partial charge in [-0.05, 0) is 80.5 Å². The summed E-state index contributed by atoms with van der Waals surface area (Å²) in [7, 11) is 0. The van der Waals surface area contributed by atoms with Gasteiger partial charge < -0.3 is 16.0 Å². The lowest BCUT2D eigenvalue weighted by atomic mass is 9.49. The summed E-state index contributed by atoms with van der Waals surface area (Å²) in [5, 5.41) is 8.58. The first-order valence-corrected chi connectivity index (χ1v) is 11.8. The second-order valence-corrected chi connectivity index (χ2v) is 10.3. The van der Waals surface area contributed by atoms with Crippen LogP contribution in [0.3, 0.4) is 0 Å². The van der Waals surface area contributed by atoms with E-state index in [4.69, 9.17) is 0 Å². The highest BCUT2D eigenvalue weighted by atomic mass is 79.9. The van der Waals surface area contributed by atoms with Gasteiger partial charge in [-0.3, -0.25) is 14.4 Å². The van der Waals surface area contributed by atoms with Gasteiger partial charge in [-0.1, -0.05) is 15.9 Å². The quantitative estimate of drug-likeness (QED) is 0.536. The number of benzene rings is 1. The number of anilines is 1. The molecule has 0 aliphatic heterocycles. The van der Waals surface area contributed by atoms with Gasteiger partial charge >= 0.3 is 0 Å². The number of hydrogen-bond acceptors (Lipinski definition) is 3. The first kappa shape index (κ1) is 21.3. The number of halogens is 1. The largest absolute Gasteiger partial charge is 0.356 e. The van der Waals surface area contributed by atoms with Crippen molar-refractivity contribution in [3.63, 3.8) is 0 Å². The Morgan fingerprint density at radius 3 is 1.97 bits per heavy atom. The summed E-state index contributed by atoms with van der Waals surface area (Å²) in [4.78, 5) is 36.9. The minimum atomic E-state index is -0.170. The van der Waals surface area contributed by atoms with Gasteiger partial charge in [-0.15, -0.1) is 0 Å². The third-order valence-corrected chi connectivity index (χ3v) is 7.49. The van der Waals surface area contributed by atoms with Gasteiger partial charge in [0.25, 0.3) is 0 Å². The van der Waals surface area contributed by atoms with E-state index in [0.29, 0.717) is 6.54 Å². The molecule has 6 nitrogen and oxygen atoms in total. The first-order chi connectivity index (χ1) is 14.4. The molecule has 30 heavy (non-hydrogen) atoms. The zero-order valence-corrected chi connectivity index (χ0v) is 18.8. The summed E-state index contributed by atoms with van der Waals surface area (Å²) < 4.78 is 0.947. The second-order valence-electron chi connectivity index (χ2n) is 9.36. The second kappa shape index (κ2) is 9.08. The van der Waals surface area contributed by atoms with Crippen LogP contribution in [0.2, 0.25) is 0 Å². The molecule has 0 unspecified atom stereocenters. The molecule has 0 atom stereocenters. The van der Waals surface area contributed by atoms with E-state index < -0.39 is 0 Å². The van der Waals surface area contributed by atoms with Crippen LogP contribution in [0.25, 0.3) is 0 Å². The molecular formula is C23H30BrN3O3. The molecule has 0 aromatic heterocycles. The van der Waals surface area contributed by atoms with E-state index in [2.05, 4.69) is 31.9 Å². The van der Waals surface area contributed by atoms with Gasteiger partial charge in [-0.2, -0.15) is 0 Å². The van der Waals surface area contributed by atoms with E-state index in [1.807, 2.05) is 24.3 Å². The molecule has 1 aromatic rings. The first-order valence-electron chi connectivity index (χ1n) is 11.0. The number of nitrogens with one attached hydrogen (secondary N) is 3. The Bertz CT molecular complexity index is 773. The van der Waals surface area contributed by atoms with Crippen molar-refractivity contribution in [1.82, 2.24) is 10.6 Å². The molecule has 4 aliphatic carbocycles. The highest BCUT2D eigenvalue weighted by molar-refractivity contribution is 9.10. The number of amides is 3. The van der Waals surface area contributed by atoms with Gasteiger partial charge in [-0.25, -0.2) is 0 Å². The third-order valence-electron chi connectivity index (χ3n) is 6.96. The molecule has 4 saturated carbocycles. The van der Waals surface area contributed by atoms with Crippen molar-refractivity contribution in [2.45, 2.75) is 51.4 Å². The van der Waals surface area contributed by atoms with Crippen LogP contribution >= 0.6 is 15.9 Å². The molecule has 7 heteroatoms. The summed E-state index contributed by atoms with van der Waals surface area (Å²) in [5.74, 6) is 2.06. The van der Waals surface area contributed by atoms with Crippen molar-refractivity contribution in [2.75, 3.05) is 18.4 Å². The SMILES string of the molecule is O=C(CCNC(=O)C12CC3CC(CC(C3)C1)C2)NCCC(=O)Nc1ccc(Br)cc1. The molecular weight excluding hydrogens is 446 g/mol. The fourth-order valence-electron chi connectivity index (χ4n) is 6.03. The van der Waals surface area contributed by atoms with Gasteiger partial charge in [0, 0.05) is 41.5 Å². The average Bonchev–Trinajstić information content (AvgIpc) is 2.68. The van der Waals surface area contributed by atoms with E-state index in [-0.39, 0.29) is 42.5 Å². The summed E-state index contributed by atoms with van der Waals surface area (Å²) in [6.07, 6.45) is 7.48. The maximum atomic E-state index is 12.9. The lowest BCUT2D eigenvalue weighted by Gasteiger charge is -2.55. The van der Waals surface area contributed by atoms with Crippen LogP contribution in [-0.4, -0.2) is 30.8 Å². The van der Waals surface area contributed by atoms with E-state index in [1.165, 1.54) is 19.3 Å². The Morgan fingerprint density at radius 2 is 1.37 bits per heavy atom.